The maximum atomic E-state index is 13.5. The number of fused-ring (bicyclic) bond motifs is 1. The molecule has 27 heavy (non-hydrogen) atoms. The van der Waals surface area contributed by atoms with E-state index in [1.165, 1.54) is 24.3 Å². The molecule has 1 N–H and O–H groups in total. The van der Waals surface area contributed by atoms with Gasteiger partial charge in [-0.2, -0.15) is 18.3 Å². The fourth-order valence-electron chi connectivity index (χ4n) is 2.48. The Balaban J connectivity index is 2.31. The van der Waals surface area contributed by atoms with E-state index < -0.39 is 38.5 Å². The Bertz CT molecular complexity index is 1090. The largest absolute Gasteiger partial charge is 0.433 e. The summed E-state index contributed by atoms with van der Waals surface area (Å²) in [5.74, 6) is 0. The van der Waals surface area contributed by atoms with E-state index in [9.17, 15) is 21.6 Å². The molecule has 0 aliphatic carbocycles. The zero-order valence-electron chi connectivity index (χ0n) is 14.1. The lowest BCUT2D eigenvalue weighted by Gasteiger charge is -2.12. The third-order valence-corrected chi connectivity index (χ3v) is 5.45. The quantitative estimate of drug-likeness (QED) is 0.700. The van der Waals surface area contributed by atoms with Crippen molar-refractivity contribution < 1.29 is 21.6 Å². The van der Waals surface area contributed by atoms with Gasteiger partial charge in [-0.15, -0.1) is 0 Å². The van der Waals surface area contributed by atoms with Crippen LogP contribution in [-0.2, 0) is 16.2 Å². The number of nitrogens with one attached hydrogen (secondary N) is 1. The number of halogens is 4. The van der Waals surface area contributed by atoms with Gasteiger partial charge in [0.2, 0.25) is 10.0 Å². The normalized spacial score (nSPS) is 12.9. The zero-order chi connectivity index (χ0) is 20.0. The van der Waals surface area contributed by atoms with E-state index in [1.807, 2.05) is 0 Å². The molecule has 0 aliphatic heterocycles. The van der Waals surface area contributed by atoms with E-state index in [1.54, 1.807) is 13.8 Å². The van der Waals surface area contributed by atoms with Gasteiger partial charge in [-0.1, -0.05) is 23.7 Å². The molecule has 0 saturated carbocycles. The smallest absolute Gasteiger partial charge is 0.227 e. The van der Waals surface area contributed by atoms with Crippen molar-refractivity contribution >= 4 is 27.3 Å². The number of nitrogens with zero attached hydrogens (tertiary/aromatic N) is 3. The molecule has 0 unspecified atom stereocenters. The van der Waals surface area contributed by atoms with Crippen molar-refractivity contribution in [3.63, 3.8) is 0 Å². The molecule has 0 atom stereocenters. The van der Waals surface area contributed by atoms with Crippen LogP contribution in [0.1, 0.15) is 19.5 Å². The Hall–Kier alpha value is -2.17. The molecule has 3 rings (SSSR count). The predicted molar refractivity (Wildman–Crippen MR) is 93.9 cm³/mol. The van der Waals surface area contributed by atoms with Crippen LogP contribution in [0.2, 0.25) is 5.02 Å². The Morgan fingerprint density at radius 3 is 2.37 bits per heavy atom. The second-order valence-electron chi connectivity index (χ2n) is 6.05. The van der Waals surface area contributed by atoms with Crippen LogP contribution in [-0.4, -0.2) is 29.1 Å². The average Bonchev–Trinajstić information content (AvgIpc) is 2.97. The molecule has 1 aromatic carbocycles. The summed E-state index contributed by atoms with van der Waals surface area (Å²) in [4.78, 5) is 3.69. The predicted octanol–water partition coefficient (Wildman–Crippen LogP) is 3.76. The molecule has 3 aromatic rings. The van der Waals surface area contributed by atoms with Crippen LogP contribution >= 0.6 is 11.6 Å². The molecule has 0 aliphatic rings. The molecule has 0 radical (unpaired) electrons. The van der Waals surface area contributed by atoms with E-state index in [2.05, 4.69) is 14.8 Å². The summed E-state index contributed by atoms with van der Waals surface area (Å²) in [5.41, 5.74) is -1.24. The van der Waals surface area contributed by atoms with Crippen molar-refractivity contribution in [2.75, 3.05) is 0 Å². The Labute approximate surface area is 158 Å². The van der Waals surface area contributed by atoms with Gasteiger partial charge in [-0.25, -0.2) is 22.6 Å². The first kappa shape index (κ1) is 19.6. The van der Waals surface area contributed by atoms with Crippen LogP contribution in [0.4, 0.5) is 13.2 Å². The summed E-state index contributed by atoms with van der Waals surface area (Å²) < 4.78 is 68.3. The third-order valence-electron chi connectivity index (χ3n) is 3.55. The SMILES string of the molecule is CC(C)NS(=O)(=O)c1cnn2c(C(F)(F)F)cc(-c3ccc(Cl)cc3)nc12. The first-order valence-corrected chi connectivity index (χ1v) is 9.59. The molecular formula is C16H14ClF3N4O2S. The first-order valence-electron chi connectivity index (χ1n) is 7.73. The maximum absolute atomic E-state index is 13.5. The fourth-order valence-corrected chi connectivity index (χ4v) is 3.91. The van der Waals surface area contributed by atoms with Gasteiger partial charge in [0, 0.05) is 16.6 Å². The maximum Gasteiger partial charge on any atom is 0.433 e. The standard InChI is InChI=1S/C16H14ClF3N4O2S/c1-9(2)23-27(25,26)13-8-21-24-14(16(18,19)20)7-12(22-15(13)24)10-3-5-11(17)6-4-10/h3-9,23H,1-2H3. The van der Waals surface area contributed by atoms with E-state index in [0.29, 0.717) is 15.1 Å². The lowest BCUT2D eigenvalue weighted by molar-refractivity contribution is -0.142. The van der Waals surface area contributed by atoms with Crippen molar-refractivity contribution in [2.45, 2.75) is 31.0 Å². The van der Waals surface area contributed by atoms with Crippen molar-refractivity contribution in [3.05, 3.63) is 47.2 Å². The van der Waals surface area contributed by atoms with Crippen LogP contribution in [0, 0.1) is 0 Å². The molecule has 0 amide bonds. The Morgan fingerprint density at radius 2 is 1.81 bits per heavy atom. The summed E-state index contributed by atoms with van der Waals surface area (Å²) >= 11 is 5.81. The highest BCUT2D eigenvalue weighted by Gasteiger charge is 2.36. The highest BCUT2D eigenvalue weighted by molar-refractivity contribution is 7.89. The summed E-state index contributed by atoms with van der Waals surface area (Å²) in [6.07, 6.45) is -3.91. The number of aromatic nitrogens is 3. The van der Waals surface area contributed by atoms with Crippen molar-refractivity contribution in [2.24, 2.45) is 0 Å². The highest BCUT2D eigenvalue weighted by atomic mass is 35.5. The minimum atomic E-state index is -4.76. The van der Waals surface area contributed by atoms with Crippen LogP contribution in [0.5, 0.6) is 0 Å². The fraction of sp³-hybridized carbons (Fsp3) is 0.250. The summed E-state index contributed by atoms with van der Waals surface area (Å²) in [5, 5.41) is 4.01. The van der Waals surface area contributed by atoms with E-state index in [4.69, 9.17) is 11.6 Å². The Kier molecular flexibility index (Phi) is 4.91. The lowest BCUT2D eigenvalue weighted by atomic mass is 10.1. The van der Waals surface area contributed by atoms with Gasteiger partial charge in [0.15, 0.2) is 11.3 Å². The molecule has 0 saturated heterocycles. The second kappa shape index (κ2) is 6.77. The number of alkyl halides is 3. The number of hydrogen-bond acceptors (Lipinski definition) is 4. The highest BCUT2D eigenvalue weighted by Crippen LogP contribution is 2.33. The molecule has 2 heterocycles. The number of benzene rings is 1. The monoisotopic (exact) mass is 418 g/mol. The summed E-state index contributed by atoms with van der Waals surface area (Å²) in [6.45, 7) is 3.19. The number of rotatable bonds is 4. The molecule has 11 heteroatoms. The van der Waals surface area contributed by atoms with E-state index in [0.717, 1.165) is 12.3 Å². The third kappa shape index (κ3) is 3.92. The number of hydrogen-bond donors (Lipinski definition) is 1. The van der Waals surface area contributed by atoms with Gasteiger partial charge < -0.3 is 0 Å². The van der Waals surface area contributed by atoms with Gasteiger partial charge in [0.25, 0.3) is 0 Å². The Morgan fingerprint density at radius 1 is 1.19 bits per heavy atom. The van der Waals surface area contributed by atoms with Crippen molar-refractivity contribution in [1.82, 2.24) is 19.3 Å². The van der Waals surface area contributed by atoms with E-state index in [-0.39, 0.29) is 5.69 Å². The second-order valence-corrected chi connectivity index (χ2v) is 8.17. The van der Waals surface area contributed by atoms with Gasteiger partial charge in [0.1, 0.15) is 4.90 Å². The van der Waals surface area contributed by atoms with Gasteiger partial charge in [-0.3, -0.25) is 0 Å². The van der Waals surface area contributed by atoms with Crippen LogP contribution in [0.3, 0.4) is 0 Å². The first-order chi connectivity index (χ1) is 12.5. The topological polar surface area (TPSA) is 76.4 Å². The van der Waals surface area contributed by atoms with Gasteiger partial charge in [0.05, 0.1) is 11.9 Å². The summed E-state index contributed by atoms with van der Waals surface area (Å²) in [7, 11) is -4.10. The van der Waals surface area contributed by atoms with Crippen LogP contribution in [0.15, 0.2) is 41.4 Å². The zero-order valence-corrected chi connectivity index (χ0v) is 15.7. The lowest BCUT2D eigenvalue weighted by Crippen LogP contribution is -2.30. The molecule has 0 bridgehead atoms. The minimum absolute atomic E-state index is 0.0482. The molecule has 0 spiro atoms. The van der Waals surface area contributed by atoms with E-state index >= 15 is 0 Å². The molecular weight excluding hydrogens is 405 g/mol. The average molecular weight is 419 g/mol. The summed E-state index contributed by atoms with van der Waals surface area (Å²) in [6, 6.07) is 6.37. The molecule has 2 aromatic heterocycles. The van der Waals surface area contributed by atoms with Crippen LogP contribution < -0.4 is 4.72 Å². The molecule has 6 nitrogen and oxygen atoms in total. The van der Waals surface area contributed by atoms with Gasteiger partial charge in [-0.05, 0) is 32.0 Å². The van der Waals surface area contributed by atoms with Gasteiger partial charge >= 0.3 is 6.18 Å². The number of sulfonamides is 1. The van der Waals surface area contributed by atoms with Crippen LogP contribution in [0.25, 0.3) is 16.9 Å². The molecule has 144 valence electrons. The van der Waals surface area contributed by atoms with Crippen molar-refractivity contribution in [1.29, 1.82) is 0 Å². The molecule has 0 fully saturated rings. The minimum Gasteiger partial charge on any atom is -0.227 e. The van der Waals surface area contributed by atoms with Crippen molar-refractivity contribution in [3.8, 4) is 11.3 Å².